The van der Waals surface area contributed by atoms with Crippen molar-refractivity contribution in [1.82, 2.24) is 15.3 Å². The lowest BCUT2D eigenvalue weighted by Gasteiger charge is -2.21. The van der Waals surface area contributed by atoms with Crippen LogP contribution in [0.1, 0.15) is 75.7 Å². The van der Waals surface area contributed by atoms with Crippen LogP contribution < -0.4 is 15.0 Å². The van der Waals surface area contributed by atoms with Gasteiger partial charge in [0.1, 0.15) is 17.7 Å². The molecule has 2 heterocycles. The molecule has 1 aliphatic heterocycles. The van der Waals surface area contributed by atoms with Crippen molar-refractivity contribution in [3.63, 3.8) is 0 Å². The number of carbonyl (C=O) groups is 1. The topological polar surface area (TPSA) is 67.3 Å². The lowest BCUT2D eigenvalue weighted by Crippen LogP contribution is -2.27. The Morgan fingerprint density at radius 2 is 1.97 bits per heavy atom. The van der Waals surface area contributed by atoms with E-state index in [9.17, 15) is 18.0 Å². The first-order valence-electron chi connectivity index (χ1n) is 11.9. The number of carbonyl (C=O) groups excluding carboxylic acids is 1. The average Bonchev–Trinajstić information content (AvgIpc) is 3.16. The summed E-state index contributed by atoms with van der Waals surface area (Å²) in [5.74, 6) is -2.06. The van der Waals surface area contributed by atoms with Gasteiger partial charge in [0.05, 0.1) is 18.8 Å². The molecule has 9 heteroatoms. The molecule has 2 fully saturated rings. The van der Waals surface area contributed by atoms with Crippen LogP contribution in [0.15, 0.2) is 30.5 Å². The highest BCUT2D eigenvalue weighted by molar-refractivity contribution is 5.73. The number of anilines is 1. The van der Waals surface area contributed by atoms with Crippen molar-refractivity contribution in [2.45, 2.75) is 76.4 Å². The smallest absolute Gasteiger partial charge is 0.248 e. The maximum atomic E-state index is 14.6. The minimum absolute atomic E-state index is 0.0871. The number of amides is 1. The van der Waals surface area contributed by atoms with E-state index in [0.29, 0.717) is 50.3 Å². The number of nitrogens with zero attached hydrogens (tertiary/aromatic N) is 3. The highest BCUT2D eigenvalue weighted by atomic mass is 19.3. The predicted octanol–water partition coefficient (Wildman–Crippen LogP) is 5.15. The molecule has 0 radical (unpaired) electrons. The van der Waals surface area contributed by atoms with Crippen molar-refractivity contribution in [3.05, 3.63) is 47.7 Å². The van der Waals surface area contributed by atoms with Gasteiger partial charge in [-0.1, -0.05) is 12.1 Å². The van der Waals surface area contributed by atoms with Crippen molar-refractivity contribution in [3.8, 4) is 5.75 Å². The Bertz CT molecular complexity index is 1000. The van der Waals surface area contributed by atoms with Gasteiger partial charge in [-0.25, -0.2) is 23.1 Å². The van der Waals surface area contributed by atoms with E-state index in [2.05, 4.69) is 15.3 Å². The minimum atomic E-state index is -2.64. The lowest BCUT2D eigenvalue weighted by atomic mass is 9.99. The number of benzene rings is 1. The van der Waals surface area contributed by atoms with Crippen LogP contribution in [0.25, 0.3) is 0 Å². The van der Waals surface area contributed by atoms with Crippen LogP contribution in [0.3, 0.4) is 0 Å². The molecule has 1 saturated carbocycles. The van der Waals surface area contributed by atoms with Crippen LogP contribution in [-0.4, -0.2) is 41.0 Å². The second kappa shape index (κ2) is 10.2. The van der Waals surface area contributed by atoms with E-state index in [1.165, 1.54) is 6.92 Å². The molecule has 1 amide bonds. The third kappa shape index (κ3) is 5.98. The van der Waals surface area contributed by atoms with Crippen molar-refractivity contribution in [2.75, 3.05) is 18.0 Å². The van der Waals surface area contributed by atoms with E-state index in [1.54, 1.807) is 0 Å². The Hall–Kier alpha value is -2.84. The molecule has 0 spiro atoms. The summed E-state index contributed by atoms with van der Waals surface area (Å²) in [6.07, 6.45) is 2.74. The zero-order valence-electron chi connectivity index (χ0n) is 19.6. The summed E-state index contributed by atoms with van der Waals surface area (Å²) >= 11 is 0. The highest BCUT2D eigenvalue weighted by Crippen LogP contribution is 2.38. The Morgan fingerprint density at radius 3 is 2.71 bits per heavy atom. The monoisotopic (exact) mass is 476 g/mol. The number of alkyl halides is 2. The van der Waals surface area contributed by atoms with Crippen LogP contribution >= 0.6 is 0 Å². The van der Waals surface area contributed by atoms with Gasteiger partial charge in [0, 0.05) is 38.6 Å². The molecule has 6 nitrogen and oxygen atoms in total. The molecule has 1 aromatic carbocycles. The summed E-state index contributed by atoms with van der Waals surface area (Å²) in [5.41, 5.74) is 0.974. The number of nitrogens with one attached hydrogen (secondary N) is 1. The molecule has 1 N–H and O–H groups in total. The largest absolute Gasteiger partial charge is 0.489 e. The van der Waals surface area contributed by atoms with Crippen LogP contribution in [0.4, 0.5) is 19.0 Å². The third-order valence-corrected chi connectivity index (χ3v) is 6.61. The Labute approximate surface area is 197 Å². The summed E-state index contributed by atoms with van der Waals surface area (Å²) in [4.78, 5) is 21.7. The van der Waals surface area contributed by atoms with Gasteiger partial charge in [0.15, 0.2) is 11.6 Å². The molecular formula is C25H31F3N4O2. The van der Waals surface area contributed by atoms with Gasteiger partial charge in [0.2, 0.25) is 11.8 Å². The number of hydrogen-bond acceptors (Lipinski definition) is 5. The number of ether oxygens (including phenoxy) is 1. The lowest BCUT2D eigenvalue weighted by molar-refractivity contribution is -0.119. The zero-order chi connectivity index (χ0) is 24.3. The second-order valence-electron chi connectivity index (χ2n) is 9.35. The Morgan fingerprint density at radius 1 is 1.21 bits per heavy atom. The molecule has 3 unspecified atom stereocenters. The Kier molecular flexibility index (Phi) is 7.28. The fourth-order valence-electron chi connectivity index (χ4n) is 4.74. The van der Waals surface area contributed by atoms with Crippen LogP contribution in [0, 0.1) is 5.82 Å². The number of halogens is 3. The van der Waals surface area contributed by atoms with Crippen molar-refractivity contribution < 1.29 is 22.7 Å². The summed E-state index contributed by atoms with van der Waals surface area (Å²) in [6.45, 7) is 4.45. The van der Waals surface area contributed by atoms with E-state index in [1.807, 2.05) is 36.1 Å². The van der Waals surface area contributed by atoms with Gasteiger partial charge in [0.25, 0.3) is 0 Å². The van der Waals surface area contributed by atoms with Crippen molar-refractivity contribution in [1.29, 1.82) is 0 Å². The molecule has 3 atom stereocenters. The number of hydrogen-bond donors (Lipinski definition) is 1. The predicted molar refractivity (Wildman–Crippen MR) is 123 cm³/mol. The summed E-state index contributed by atoms with van der Waals surface area (Å²) in [5, 5.41) is 2.85. The average molecular weight is 477 g/mol. The van der Waals surface area contributed by atoms with Gasteiger partial charge in [-0.05, 0) is 43.9 Å². The van der Waals surface area contributed by atoms with Crippen LogP contribution in [0.2, 0.25) is 0 Å². The fourth-order valence-corrected chi connectivity index (χ4v) is 4.74. The fraction of sp³-hybridized carbons (Fsp3) is 0.560. The normalized spacial score (nSPS) is 23.3. The van der Waals surface area contributed by atoms with E-state index in [-0.39, 0.29) is 42.6 Å². The van der Waals surface area contributed by atoms with Gasteiger partial charge in [-0.3, -0.25) is 4.79 Å². The Balaban J connectivity index is 1.38. The number of rotatable bonds is 6. The number of aromatic nitrogens is 2. The highest BCUT2D eigenvalue weighted by Gasteiger charge is 2.34. The van der Waals surface area contributed by atoms with E-state index >= 15 is 0 Å². The summed E-state index contributed by atoms with van der Waals surface area (Å²) in [7, 11) is 0. The van der Waals surface area contributed by atoms with Gasteiger partial charge >= 0.3 is 0 Å². The maximum absolute atomic E-state index is 14.6. The molecule has 1 aliphatic carbocycles. The maximum Gasteiger partial charge on any atom is 0.248 e. The summed E-state index contributed by atoms with van der Waals surface area (Å²) < 4.78 is 48.2. The molecule has 2 aromatic rings. The van der Waals surface area contributed by atoms with Crippen molar-refractivity contribution in [2.24, 2.45) is 0 Å². The molecule has 2 aliphatic rings. The van der Waals surface area contributed by atoms with Gasteiger partial charge < -0.3 is 15.0 Å². The second-order valence-corrected chi connectivity index (χ2v) is 9.35. The van der Waals surface area contributed by atoms with Gasteiger partial charge in [-0.2, -0.15) is 0 Å². The first-order valence-corrected chi connectivity index (χ1v) is 11.9. The van der Waals surface area contributed by atoms with Crippen molar-refractivity contribution >= 4 is 11.7 Å². The molecular weight excluding hydrogens is 445 g/mol. The third-order valence-electron chi connectivity index (χ3n) is 6.61. The molecule has 0 bridgehead atoms. The molecule has 34 heavy (non-hydrogen) atoms. The summed E-state index contributed by atoms with van der Waals surface area (Å²) in [6, 6.07) is 7.45. The van der Waals surface area contributed by atoms with E-state index in [0.717, 1.165) is 11.8 Å². The SMILES string of the molecule is CC(=O)NC(C)c1ccc(OC2CCN(c3nc(C4CCCC(F)(F)CC4)ncc3F)C2)cc1. The van der Waals surface area contributed by atoms with Gasteiger partial charge in [-0.15, -0.1) is 0 Å². The standard InChI is InChI=1S/C25H31F3N4O2/c1-16(30-17(2)33)18-5-7-20(8-6-18)34-21-10-13-32(15-21)24-22(26)14-29-23(31-24)19-4-3-11-25(27,28)12-9-19/h5-8,14,16,19,21H,3-4,9-13,15H2,1-2H3,(H,30,33). The minimum Gasteiger partial charge on any atom is -0.489 e. The van der Waals surface area contributed by atoms with Crippen LogP contribution in [0.5, 0.6) is 5.75 Å². The molecule has 1 aromatic heterocycles. The van der Waals surface area contributed by atoms with E-state index in [4.69, 9.17) is 4.74 Å². The van der Waals surface area contributed by atoms with E-state index < -0.39 is 11.7 Å². The quantitative estimate of drug-likeness (QED) is 0.584. The molecule has 1 saturated heterocycles. The zero-order valence-corrected chi connectivity index (χ0v) is 19.6. The molecule has 4 rings (SSSR count). The van der Waals surface area contributed by atoms with Crippen LogP contribution in [-0.2, 0) is 4.79 Å². The first-order chi connectivity index (χ1) is 16.2. The first kappa shape index (κ1) is 24.3. The molecule has 184 valence electrons.